The summed E-state index contributed by atoms with van der Waals surface area (Å²) in [6, 6.07) is 18.1. The van der Waals surface area contributed by atoms with Crippen molar-refractivity contribution in [2.45, 2.75) is 37.5 Å². The van der Waals surface area contributed by atoms with Crippen molar-refractivity contribution in [3.8, 4) is 0 Å². The molecule has 0 aliphatic carbocycles. The van der Waals surface area contributed by atoms with Gasteiger partial charge in [0.2, 0.25) is 5.91 Å². The van der Waals surface area contributed by atoms with E-state index < -0.39 is 32.4 Å². The summed E-state index contributed by atoms with van der Waals surface area (Å²) in [5, 5.41) is 0. The lowest BCUT2D eigenvalue weighted by molar-refractivity contribution is -0.145. The van der Waals surface area contributed by atoms with Gasteiger partial charge in [-0.25, -0.2) is 8.42 Å². The summed E-state index contributed by atoms with van der Waals surface area (Å²) in [7, 11) is -3.90. The molecule has 7 heteroatoms. The Morgan fingerprint density at radius 1 is 1.00 bits per heavy atom. The molecule has 2 aromatic rings. The second kappa shape index (κ2) is 9.01. The smallest absolute Gasteiger partial charge is 0.306 e. The highest BCUT2D eigenvalue weighted by Crippen LogP contribution is 2.27. The summed E-state index contributed by atoms with van der Waals surface area (Å²) in [6.45, 7) is 2.67. The molecule has 28 heavy (non-hydrogen) atoms. The van der Waals surface area contributed by atoms with Crippen LogP contribution in [0.1, 0.15) is 37.3 Å². The number of carbonyl (C=O) groups is 2. The summed E-state index contributed by atoms with van der Waals surface area (Å²) in [4.78, 5) is 24.0. The molecule has 0 heterocycles. The third-order valence-electron chi connectivity index (χ3n) is 4.72. The average Bonchev–Trinajstić information content (AvgIpc) is 2.67. The molecule has 0 spiro atoms. The predicted molar refractivity (Wildman–Crippen MR) is 107 cm³/mol. The third-order valence-corrected chi connectivity index (χ3v) is 7.32. The Balaban J connectivity index is 2.16. The maximum Gasteiger partial charge on any atom is 0.306 e. The van der Waals surface area contributed by atoms with Gasteiger partial charge in [0, 0.05) is 5.92 Å². The van der Waals surface area contributed by atoms with Crippen LogP contribution < -0.4 is 5.73 Å². The molecule has 1 unspecified atom stereocenters. The Kier molecular flexibility index (Phi) is 6.96. The van der Waals surface area contributed by atoms with Gasteiger partial charge in [-0.1, -0.05) is 60.7 Å². The lowest BCUT2D eigenvalue weighted by Crippen LogP contribution is -2.47. The van der Waals surface area contributed by atoms with Crippen LogP contribution in [0.25, 0.3) is 0 Å². The van der Waals surface area contributed by atoms with Crippen molar-refractivity contribution in [3.05, 3.63) is 71.8 Å². The Morgan fingerprint density at radius 3 is 2.07 bits per heavy atom. The van der Waals surface area contributed by atoms with Gasteiger partial charge in [0.1, 0.15) is 11.4 Å². The van der Waals surface area contributed by atoms with E-state index in [4.69, 9.17) is 10.5 Å². The molecule has 2 rings (SSSR count). The quantitative estimate of drug-likeness (QED) is 0.648. The first-order valence-electron chi connectivity index (χ1n) is 8.90. The number of hydrogen-bond donors (Lipinski definition) is 1. The summed E-state index contributed by atoms with van der Waals surface area (Å²) in [5.74, 6) is -2.46. The monoisotopic (exact) mass is 403 g/mol. The van der Waals surface area contributed by atoms with Crippen molar-refractivity contribution in [3.63, 3.8) is 0 Å². The minimum Gasteiger partial charge on any atom is -0.461 e. The van der Waals surface area contributed by atoms with E-state index in [1.54, 1.807) is 30.3 Å². The standard InChI is InChI=1S/C21H25NO5S/c1-21(2,20(22)24)28(25,26)15-18(17-11-7-4-8-12-17)13-19(23)27-14-16-9-5-3-6-10-16/h3-12,18H,13-15H2,1-2H3,(H2,22,24). The molecule has 0 fully saturated rings. The fourth-order valence-electron chi connectivity index (χ4n) is 2.62. The van der Waals surface area contributed by atoms with Gasteiger partial charge in [-0.3, -0.25) is 9.59 Å². The molecule has 6 nitrogen and oxygen atoms in total. The van der Waals surface area contributed by atoms with Gasteiger partial charge in [0.25, 0.3) is 0 Å². The van der Waals surface area contributed by atoms with Gasteiger partial charge in [-0.2, -0.15) is 0 Å². The van der Waals surface area contributed by atoms with Crippen molar-refractivity contribution in [1.82, 2.24) is 0 Å². The molecule has 1 amide bonds. The van der Waals surface area contributed by atoms with Crippen LogP contribution >= 0.6 is 0 Å². The van der Waals surface area contributed by atoms with Gasteiger partial charge in [-0.05, 0) is 25.0 Å². The molecule has 2 N–H and O–H groups in total. The second-order valence-electron chi connectivity index (χ2n) is 7.11. The van der Waals surface area contributed by atoms with Gasteiger partial charge in [0.05, 0.1) is 12.2 Å². The van der Waals surface area contributed by atoms with Gasteiger partial charge in [0.15, 0.2) is 9.84 Å². The van der Waals surface area contributed by atoms with E-state index >= 15 is 0 Å². The number of carbonyl (C=O) groups excluding carboxylic acids is 2. The number of nitrogens with two attached hydrogens (primary N) is 1. The van der Waals surface area contributed by atoms with E-state index in [1.807, 2.05) is 30.3 Å². The minimum absolute atomic E-state index is 0.112. The van der Waals surface area contributed by atoms with Crippen LogP contribution in [0.2, 0.25) is 0 Å². The number of hydrogen-bond acceptors (Lipinski definition) is 5. The van der Waals surface area contributed by atoms with Crippen molar-refractivity contribution in [2.24, 2.45) is 5.73 Å². The van der Waals surface area contributed by atoms with E-state index in [2.05, 4.69) is 0 Å². The van der Waals surface area contributed by atoms with Crippen LogP contribution in [0.5, 0.6) is 0 Å². The van der Waals surface area contributed by atoms with Gasteiger partial charge in [-0.15, -0.1) is 0 Å². The number of primary amides is 1. The van der Waals surface area contributed by atoms with E-state index in [-0.39, 0.29) is 18.8 Å². The van der Waals surface area contributed by atoms with Gasteiger partial charge < -0.3 is 10.5 Å². The van der Waals surface area contributed by atoms with Crippen LogP contribution in [0, 0.1) is 0 Å². The highest BCUT2D eigenvalue weighted by atomic mass is 32.2. The number of esters is 1. The highest BCUT2D eigenvalue weighted by molar-refractivity contribution is 7.93. The molecule has 0 bridgehead atoms. The maximum atomic E-state index is 12.8. The lowest BCUT2D eigenvalue weighted by Gasteiger charge is -2.25. The zero-order valence-corrected chi connectivity index (χ0v) is 16.8. The first kappa shape index (κ1) is 21.6. The molecule has 2 aromatic carbocycles. The molecule has 150 valence electrons. The van der Waals surface area contributed by atoms with Crippen molar-refractivity contribution in [1.29, 1.82) is 0 Å². The summed E-state index contributed by atoms with van der Waals surface area (Å²) in [5.41, 5.74) is 6.80. The first-order chi connectivity index (χ1) is 13.1. The molecular weight excluding hydrogens is 378 g/mol. The van der Waals surface area contributed by atoms with E-state index in [0.717, 1.165) is 5.56 Å². The largest absolute Gasteiger partial charge is 0.461 e. The Labute approximate surface area is 165 Å². The molecule has 0 aliphatic heterocycles. The highest BCUT2D eigenvalue weighted by Gasteiger charge is 2.41. The van der Waals surface area contributed by atoms with Crippen molar-refractivity contribution >= 4 is 21.7 Å². The summed E-state index contributed by atoms with van der Waals surface area (Å²) in [6.07, 6.45) is -0.120. The lowest BCUT2D eigenvalue weighted by atomic mass is 9.98. The average molecular weight is 404 g/mol. The molecule has 1 atom stereocenters. The summed E-state index contributed by atoms with van der Waals surface area (Å²) < 4.78 is 29.1. The topological polar surface area (TPSA) is 104 Å². The molecule has 0 saturated carbocycles. The molecule has 0 aliphatic rings. The SMILES string of the molecule is CC(C)(C(N)=O)S(=O)(=O)CC(CC(=O)OCc1ccccc1)c1ccccc1. The fourth-order valence-corrected chi connectivity index (χ4v) is 4.19. The molecule has 0 saturated heterocycles. The first-order valence-corrected chi connectivity index (χ1v) is 10.6. The number of sulfone groups is 1. The van der Waals surface area contributed by atoms with Crippen LogP contribution in [0.4, 0.5) is 0 Å². The number of amides is 1. The molecule has 0 aromatic heterocycles. The Morgan fingerprint density at radius 2 is 1.54 bits per heavy atom. The molecular formula is C21H25NO5S. The minimum atomic E-state index is -3.90. The van der Waals surface area contributed by atoms with Crippen molar-refractivity contribution < 1.29 is 22.7 Å². The number of ether oxygens (including phenoxy) is 1. The van der Waals surface area contributed by atoms with E-state index in [9.17, 15) is 18.0 Å². The van der Waals surface area contributed by atoms with E-state index in [1.165, 1.54) is 13.8 Å². The van der Waals surface area contributed by atoms with Crippen LogP contribution in [0.3, 0.4) is 0 Å². The normalized spacial score (nSPS) is 12.9. The Bertz CT molecular complexity index is 908. The fraction of sp³-hybridized carbons (Fsp3) is 0.333. The van der Waals surface area contributed by atoms with Crippen molar-refractivity contribution in [2.75, 3.05) is 5.75 Å². The third kappa shape index (κ3) is 5.42. The maximum absolute atomic E-state index is 12.8. The summed E-state index contributed by atoms with van der Waals surface area (Å²) >= 11 is 0. The molecule has 0 radical (unpaired) electrons. The number of benzene rings is 2. The van der Waals surface area contributed by atoms with E-state index in [0.29, 0.717) is 5.56 Å². The Hall–Kier alpha value is -2.67. The van der Waals surface area contributed by atoms with Crippen LogP contribution in [0.15, 0.2) is 60.7 Å². The van der Waals surface area contributed by atoms with Gasteiger partial charge >= 0.3 is 5.97 Å². The number of rotatable bonds is 9. The van der Waals surface area contributed by atoms with Crippen LogP contribution in [-0.4, -0.2) is 30.8 Å². The zero-order valence-electron chi connectivity index (χ0n) is 16.0. The predicted octanol–water partition coefficient (Wildman–Crippen LogP) is 2.58. The van der Waals surface area contributed by atoms with Crippen LogP contribution in [-0.2, 0) is 30.8 Å². The second-order valence-corrected chi connectivity index (χ2v) is 9.70. The zero-order chi connectivity index (χ0) is 20.8.